The molecule has 0 fully saturated rings. The average molecular weight is 151 g/mol. The van der Waals surface area contributed by atoms with Gasteiger partial charge in [0.2, 0.25) is 0 Å². The summed E-state index contributed by atoms with van der Waals surface area (Å²) >= 11 is 0. The molecule has 1 heterocycles. The summed E-state index contributed by atoms with van der Waals surface area (Å²) in [5.41, 5.74) is 10.4. The third-order valence-corrected chi connectivity index (χ3v) is 1.06. The van der Waals surface area contributed by atoms with Crippen LogP contribution in [-0.2, 0) is 0 Å². The van der Waals surface area contributed by atoms with Crippen LogP contribution >= 0.6 is 0 Å². The largest absolute Gasteiger partial charge is 0.479 e. The van der Waals surface area contributed by atoms with Gasteiger partial charge in [0.25, 0.3) is 0 Å². The number of hydrogen-bond donors (Lipinski definition) is 3. The van der Waals surface area contributed by atoms with Crippen LogP contribution in [0.2, 0.25) is 0 Å². The first-order chi connectivity index (χ1) is 5.15. The van der Waals surface area contributed by atoms with E-state index in [1.165, 1.54) is 0 Å². The molecule has 6 nitrogen and oxygen atoms in total. The van der Waals surface area contributed by atoms with Crippen LogP contribution in [0.4, 0.5) is 11.6 Å². The summed E-state index contributed by atoms with van der Waals surface area (Å²) in [4.78, 5) is 6.65. The molecule has 1 rings (SSSR count). The van der Waals surface area contributed by atoms with E-state index in [4.69, 9.17) is 21.8 Å². The zero-order valence-corrected chi connectivity index (χ0v) is 5.44. The highest BCUT2D eigenvalue weighted by Crippen LogP contribution is 2.16. The maximum absolute atomic E-state index is 8.72. The molecule has 0 spiro atoms. The second-order valence-corrected chi connectivity index (χ2v) is 1.78. The van der Waals surface area contributed by atoms with E-state index in [9.17, 15) is 0 Å². The highest BCUT2D eigenvalue weighted by atomic mass is 16.3. The summed E-state index contributed by atoms with van der Waals surface area (Å²) in [7, 11) is 0. The first kappa shape index (κ1) is 7.08. The predicted octanol–water partition coefficient (Wildman–Crippen LogP) is -0.782. The minimum Gasteiger partial charge on any atom is -0.479 e. The van der Waals surface area contributed by atoms with Crippen LogP contribution in [0.25, 0.3) is 0 Å². The Hall–Kier alpha value is -2.03. The van der Waals surface area contributed by atoms with Gasteiger partial charge in [0, 0.05) is 0 Å². The van der Waals surface area contributed by atoms with Crippen molar-refractivity contribution in [3.8, 4) is 12.1 Å². The Kier molecular flexibility index (Phi) is 1.48. The van der Waals surface area contributed by atoms with E-state index in [0.717, 1.165) is 0 Å². The van der Waals surface area contributed by atoms with Crippen molar-refractivity contribution in [2.45, 2.75) is 0 Å². The van der Waals surface area contributed by atoms with Crippen molar-refractivity contribution in [1.29, 1.82) is 5.26 Å². The molecule has 6 heteroatoms. The van der Waals surface area contributed by atoms with Crippen LogP contribution in [0.5, 0.6) is 6.01 Å². The molecule has 0 aromatic carbocycles. The number of nitriles is 1. The molecule has 0 saturated heterocycles. The second-order valence-electron chi connectivity index (χ2n) is 1.78. The van der Waals surface area contributed by atoms with Gasteiger partial charge < -0.3 is 16.6 Å². The first-order valence-corrected chi connectivity index (χ1v) is 2.67. The monoisotopic (exact) mass is 151 g/mol. The number of nitrogen functional groups attached to an aromatic ring is 2. The van der Waals surface area contributed by atoms with Gasteiger partial charge in [0.05, 0.1) is 0 Å². The van der Waals surface area contributed by atoms with E-state index < -0.39 is 6.01 Å². The fraction of sp³-hybridized carbons (Fsp3) is 0. The van der Waals surface area contributed by atoms with Crippen molar-refractivity contribution in [2.24, 2.45) is 0 Å². The number of rotatable bonds is 0. The molecule has 0 saturated carbocycles. The number of nitrogens with two attached hydrogens (primary N) is 2. The van der Waals surface area contributed by atoms with Crippen molar-refractivity contribution >= 4 is 11.6 Å². The molecule has 0 radical (unpaired) electrons. The van der Waals surface area contributed by atoms with E-state index >= 15 is 0 Å². The van der Waals surface area contributed by atoms with Crippen molar-refractivity contribution in [1.82, 2.24) is 9.97 Å². The molecule has 1 aromatic heterocycles. The molecular formula is C5H5N5O. The molecule has 1 aromatic rings. The number of aromatic nitrogens is 2. The molecule has 56 valence electrons. The summed E-state index contributed by atoms with van der Waals surface area (Å²) in [5, 5.41) is 17.1. The summed E-state index contributed by atoms with van der Waals surface area (Å²) in [6.45, 7) is 0. The lowest BCUT2D eigenvalue weighted by atomic mass is 10.3. The van der Waals surface area contributed by atoms with Gasteiger partial charge in [-0.15, -0.1) is 0 Å². The highest BCUT2D eigenvalue weighted by Gasteiger charge is 2.07. The smallest absolute Gasteiger partial charge is 0.317 e. The van der Waals surface area contributed by atoms with E-state index in [1.807, 2.05) is 0 Å². The van der Waals surface area contributed by atoms with Crippen molar-refractivity contribution in [3.63, 3.8) is 0 Å². The van der Waals surface area contributed by atoms with Gasteiger partial charge in [0.1, 0.15) is 11.6 Å². The SMILES string of the molecule is N#Cc1c(N)nc(O)nc1N. The average Bonchev–Trinajstić information content (AvgIpc) is 1.85. The summed E-state index contributed by atoms with van der Waals surface area (Å²) < 4.78 is 0. The van der Waals surface area contributed by atoms with E-state index in [1.54, 1.807) is 6.07 Å². The lowest BCUT2D eigenvalue weighted by Gasteiger charge is -1.98. The van der Waals surface area contributed by atoms with Gasteiger partial charge >= 0.3 is 6.01 Å². The Morgan fingerprint density at radius 1 is 1.27 bits per heavy atom. The maximum atomic E-state index is 8.72. The van der Waals surface area contributed by atoms with Gasteiger partial charge in [-0.25, -0.2) is 0 Å². The molecular weight excluding hydrogens is 146 g/mol. The molecule has 0 atom stereocenters. The fourth-order valence-electron chi connectivity index (χ4n) is 0.598. The Morgan fingerprint density at radius 3 is 2.09 bits per heavy atom. The highest BCUT2D eigenvalue weighted by molar-refractivity contribution is 5.60. The second kappa shape index (κ2) is 2.30. The lowest BCUT2D eigenvalue weighted by molar-refractivity contribution is 0.432. The molecule has 0 unspecified atom stereocenters. The van der Waals surface area contributed by atoms with Crippen molar-refractivity contribution in [3.05, 3.63) is 5.56 Å². The van der Waals surface area contributed by atoms with Gasteiger partial charge in [-0.2, -0.15) is 15.2 Å². The fourth-order valence-corrected chi connectivity index (χ4v) is 0.598. The zero-order valence-electron chi connectivity index (χ0n) is 5.44. The predicted molar refractivity (Wildman–Crippen MR) is 37.2 cm³/mol. The standard InChI is InChI=1S/C5H5N5O/c6-1-2-3(7)9-5(11)10-4(2)8/h(H5,7,8,9,10,11). The number of aromatic hydroxyl groups is 1. The quantitative estimate of drug-likeness (QED) is 0.447. The molecule has 0 bridgehead atoms. The molecule has 0 aliphatic heterocycles. The van der Waals surface area contributed by atoms with Crippen LogP contribution in [0.3, 0.4) is 0 Å². The third kappa shape index (κ3) is 1.11. The van der Waals surface area contributed by atoms with Crippen LogP contribution in [-0.4, -0.2) is 15.1 Å². The lowest BCUT2D eigenvalue weighted by Crippen LogP contribution is -2.02. The summed E-state index contributed by atoms with van der Waals surface area (Å²) in [6, 6.07) is 1.18. The van der Waals surface area contributed by atoms with Crippen molar-refractivity contribution < 1.29 is 5.11 Å². The van der Waals surface area contributed by atoms with E-state index in [-0.39, 0.29) is 17.2 Å². The maximum Gasteiger partial charge on any atom is 0.317 e. The Bertz CT molecular complexity index is 305. The van der Waals surface area contributed by atoms with Gasteiger partial charge in [0.15, 0.2) is 11.6 Å². The molecule has 0 aliphatic carbocycles. The normalized spacial score (nSPS) is 9.00. The topological polar surface area (TPSA) is 122 Å². The molecule has 5 N–H and O–H groups in total. The minimum atomic E-state index is -0.529. The van der Waals surface area contributed by atoms with Gasteiger partial charge in [-0.3, -0.25) is 0 Å². The molecule has 0 amide bonds. The number of anilines is 2. The minimum absolute atomic E-state index is 0.0113. The number of nitrogens with zero attached hydrogens (tertiary/aromatic N) is 3. The van der Waals surface area contributed by atoms with Gasteiger partial charge in [-0.1, -0.05) is 0 Å². The van der Waals surface area contributed by atoms with Crippen LogP contribution in [0, 0.1) is 11.3 Å². The van der Waals surface area contributed by atoms with Crippen LogP contribution in [0.15, 0.2) is 0 Å². The van der Waals surface area contributed by atoms with E-state index in [0.29, 0.717) is 0 Å². The molecule has 0 aliphatic rings. The van der Waals surface area contributed by atoms with Gasteiger partial charge in [-0.05, 0) is 0 Å². The first-order valence-electron chi connectivity index (χ1n) is 2.67. The Balaban J connectivity index is 3.40. The van der Waals surface area contributed by atoms with Crippen LogP contribution < -0.4 is 11.5 Å². The Morgan fingerprint density at radius 2 is 1.73 bits per heavy atom. The Labute approximate surface area is 62.1 Å². The van der Waals surface area contributed by atoms with Crippen LogP contribution in [0.1, 0.15) is 5.56 Å². The summed E-state index contributed by atoms with van der Waals surface area (Å²) in [5.74, 6) is -0.227. The number of hydrogen-bond acceptors (Lipinski definition) is 6. The molecule has 11 heavy (non-hydrogen) atoms. The third-order valence-electron chi connectivity index (χ3n) is 1.06. The van der Waals surface area contributed by atoms with E-state index in [2.05, 4.69) is 9.97 Å². The zero-order chi connectivity index (χ0) is 8.43. The van der Waals surface area contributed by atoms with Crippen molar-refractivity contribution in [2.75, 3.05) is 11.5 Å². The summed E-state index contributed by atoms with van der Waals surface area (Å²) in [6.07, 6.45) is 0.